The molecule has 0 spiro atoms. The molecule has 0 fully saturated rings. The van der Waals surface area contributed by atoms with Crippen LogP contribution < -0.4 is 16.4 Å². The summed E-state index contributed by atoms with van der Waals surface area (Å²) in [5.74, 6) is 0. The first kappa shape index (κ1) is 15.6. The maximum absolute atomic E-state index is 11.9. The highest BCUT2D eigenvalue weighted by molar-refractivity contribution is 7.80. The Balaban J connectivity index is 2.04. The van der Waals surface area contributed by atoms with Crippen molar-refractivity contribution < 1.29 is 4.79 Å². The fourth-order valence-electron chi connectivity index (χ4n) is 1.60. The van der Waals surface area contributed by atoms with Crippen molar-refractivity contribution in [3.05, 3.63) is 58.1 Å². The van der Waals surface area contributed by atoms with E-state index in [0.29, 0.717) is 26.4 Å². The number of hydrogen-bond donors (Lipinski definition) is 3. The molecule has 4 N–H and O–H groups in total. The summed E-state index contributed by atoms with van der Waals surface area (Å²) in [6.45, 7) is 0. The van der Waals surface area contributed by atoms with Crippen molar-refractivity contribution in [2.75, 3.05) is 10.6 Å². The number of carbonyl (C=O) groups excluding carboxylic acids is 1. The van der Waals surface area contributed by atoms with Gasteiger partial charge in [-0.3, -0.25) is 0 Å². The molecule has 0 aliphatic heterocycles. The van der Waals surface area contributed by atoms with Gasteiger partial charge in [-0.15, -0.1) is 0 Å². The van der Waals surface area contributed by atoms with Gasteiger partial charge in [0.1, 0.15) is 4.99 Å². The molecule has 7 heteroatoms. The molecule has 0 atom stereocenters. The van der Waals surface area contributed by atoms with Crippen LogP contribution in [-0.4, -0.2) is 11.0 Å². The highest BCUT2D eigenvalue weighted by Gasteiger charge is 2.07. The Bertz CT molecular complexity index is 689. The van der Waals surface area contributed by atoms with Crippen LogP contribution in [0.15, 0.2) is 42.5 Å². The van der Waals surface area contributed by atoms with Gasteiger partial charge in [-0.05, 0) is 42.5 Å². The minimum atomic E-state index is -0.428. The van der Waals surface area contributed by atoms with E-state index >= 15 is 0 Å². The Morgan fingerprint density at radius 1 is 1.05 bits per heavy atom. The molecule has 0 unspecified atom stereocenters. The summed E-state index contributed by atoms with van der Waals surface area (Å²) in [4.78, 5) is 12.2. The average Bonchev–Trinajstić information content (AvgIpc) is 2.43. The van der Waals surface area contributed by atoms with Crippen LogP contribution in [0.5, 0.6) is 0 Å². The van der Waals surface area contributed by atoms with Crippen molar-refractivity contribution in [3.8, 4) is 0 Å². The molecule has 0 saturated carbocycles. The maximum atomic E-state index is 11.9. The molecule has 2 aromatic rings. The van der Waals surface area contributed by atoms with E-state index in [4.69, 9.17) is 41.2 Å². The summed E-state index contributed by atoms with van der Waals surface area (Å²) in [5.41, 5.74) is 7.27. The summed E-state index contributed by atoms with van der Waals surface area (Å²) in [6.07, 6.45) is 0. The largest absolute Gasteiger partial charge is 0.389 e. The zero-order valence-electron chi connectivity index (χ0n) is 10.7. The van der Waals surface area contributed by atoms with Crippen molar-refractivity contribution in [1.29, 1.82) is 0 Å². The fourth-order valence-corrected chi connectivity index (χ4v) is 2.07. The lowest BCUT2D eigenvalue weighted by Gasteiger charge is -2.09. The molecular weight excluding hydrogens is 329 g/mol. The highest BCUT2D eigenvalue weighted by atomic mass is 35.5. The zero-order chi connectivity index (χ0) is 15.4. The molecule has 21 heavy (non-hydrogen) atoms. The molecule has 4 nitrogen and oxygen atoms in total. The lowest BCUT2D eigenvalue weighted by molar-refractivity contribution is 0.262. The number of halogens is 2. The monoisotopic (exact) mass is 339 g/mol. The molecule has 0 aliphatic rings. The number of thiocarbonyl (C=S) groups is 1. The van der Waals surface area contributed by atoms with Crippen LogP contribution in [0.25, 0.3) is 0 Å². The zero-order valence-corrected chi connectivity index (χ0v) is 13.0. The van der Waals surface area contributed by atoms with Crippen LogP contribution in [0.1, 0.15) is 5.56 Å². The van der Waals surface area contributed by atoms with Gasteiger partial charge in [-0.2, -0.15) is 0 Å². The summed E-state index contributed by atoms with van der Waals surface area (Å²) < 4.78 is 0. The standard InChI is InChI=1S/C14H11Cl2N3OS/c15-9-3-6-11(16)12(7-9)19-14(20)18-10-4-1-8(2-5-10)13(17)21/h1-7H,(H2,17,21)(H2,18,19,20). The number of nitrogens with one attached hydrogen (secondary N) is 2. The first-order chi connectivity index (χ1) is 9.95. The normalized spacial score (nSPS) is 10.0. The molecule has 0 aromatic heterocycles. The molecule has 2 aromatic carbocycles. The topological polar surface area (TPSA) is 67.1 Å². The van der Waals surface area contributed by atoms with Gasteiger partial charge in [0, 0.05) is 16.3 Å². The van der Waals surface area contributed by atoms with Crippen molar-refractivity contribution in [2.24, 2.45) is 5.73 Å². The van der Waals surface area contributed by atoms with E-state index in [1.807, 2.05) is 0 Å². The van der Waals surface area contributed by atoms with Gasteiger partial charge in [0.25, 0.3) is 0 Å². The van der Waals surface area contributed by atoms with Gasteiger partial charge in [0.15, 0.2) is 0 Å². The number of rotatable bonds is 3. The van der Waals surface area contributed by atoms with Crippen LogP contribution >= 0.6 is 35.4 Å². The van der Waals surface area contributed by atoms with E-state index in [-0.39, 0.29) is 0 Å². The van der Waals surface area contributed by atoms with E-state index in [2.05, 4.69) is 10.6 Å². The van der Waals surface area contributed by atoms with E-state index in [1.54, 1.807) is 42.5 Å². The quantitative estimate of drug-likeness (QED) is 0.731. The maximum Gasteiger partial charge on any atom is 0.323 e. The molecule has 0 saturated heterocycles. The third-order valence-electron chi connectivity index (χ3n) is 2.60. The third-order valence-corrected chi connectivity index (χ3v) is 3.40. The van der Waals surface area contributed by atoms with Crippen LogP contribution in [0, 0.1) is 0 Å². The van der Waals surface area contributed by atoms with Gasteiger partial charge in [0.05, 0.1) is 10.7 Å². The van der Waals surface area contributed by atoms with Crippen LogP contribution in [0.4, 0.5) is 16.2 Å². The SMILES string of the molecule is NC(=S)c1ccc(NC(=O)Nc2cc(Cl)ccc2Cl)cc1. The number of carbonyl (C=O) groups is 1. The Hall–Kier alpha value is -1.82. The van der Waals surface area contributed by atoms with Gasteiger partial charge in [-0.1, -0.05) is 35.4 Å². The number of benzene rings is 2. The van der Waals surface area contributed by atoms with Crippen LogP contribution in [-0.2, 0) is 0 Å². The van der Waals surface area contributed by atoms with Crippen molar-refractivity contribution >= 4 is 57.8 Å². The number of hydrogen-bond acceptors (Lipinski definition) is 2. The molecule has 0 aliphatic carbocycles. The fraction of sp³-hybridized carbons (Fsp3) is 0. The lowest BCUT2D eigenvalue weighted by Crippen LogP contribution is -2.19. The minimum Gasteiger partial charge on any atom is -0.389 e. The van der Waals surface area contributed by atoms with E-state index < -0.39 is 6.03 Å². The Morgan fingerprint density at radius 2 is 1.71 bits per heavy atom. The molecular formula is C14H11Cl2N3OS. The van der Waals surface area contributed by atoms with Gasteiger partial charge in [-0.25, -0.2) is 4.79 Å². The van der Waals surface area contributed by atoms with Crippen molar-refractivity contribution in [3.63, 3.8) is 0 Å². The van der Waals surface area contributed by atoms with Crippen molar-refractivity contribution in [2.45, 2.75) is 0 Å². The number of urea groups is 1. The van der Waals surface area contributed by atoms with Crippen LogP contribution in [0.2, 0.25) is 10.0 Å². The average molecular weight is 340 g/mol. The summed E-state index contributed by atoms with van der Waals surface area (Å²) in [7, 11) is 0. The Labute approximate surface area is 137 Å². The van der Waals surface area contributed by atoms with E-state index in [0.717, 1.165) is 5.56 Å². The first-order valence-electron chi connectivity index (χ1n) is 5.88. The van der Waals surface area contributed by atoms with Gasteiger partial charge in [0.2, 0.25) is 0 Å². The molecule has 2 rings (SSSR count). The van der Waals surface area contributed by atoms with E-state index in [9.17, 15) is 4.79 Å². The summed E-state index contributed by atoms with van der Waals surface area (Å²) in [6, 6.07) is 11.2. The predicted molar refractivity (Wildman–Crippen MR) is 91.4 cm³/mol. The minimum absolute atomic E-state index is 0.303. The second kappa shape index (κ2) is 6.76. The van der Waals surface area contributed by atoms with E-state index in [1.165, 1.54) is 0 Å². The second-order valence-corrected chi connectivity index (χ2v) is 5.43. The van der Waals surface area contributed by atoms with Gasteiger partial charge >= 0.3 is 6.03 Å². The number of anilines is 2. The molecule has 0 bridgehead atoms. The van der Waals surface area contributed by atoms with Crippen molar-refractivity contribution in [1.82, 2.24) is 0 Å². The summed E-state index contributed by atoms with van der Waals surface area (Å²) >= 11 is 16.7. The molecule has 0 heterocycles. The summed E-state index contributed by atoms with van der Waals surface area (Å²) in [5, 5.41) is 6.17. The molecule has 108 valence electrons. The molecule has 0 radical (unpaired) electrons. The number of amides is 2. The Kier molecular flexibility index (Phi) is 5.01. The molecule has 2 amide bonds. The second-order valence-electron chi connectivity index (χ2n) is 4.14. The Morgan fingerprint density at radius 3 is 2.33 bits per heavy atom. The lowest BCUT2D eigenvalue weighted by atomic mass is 10.2. The highest BCUT2D eigenvalue weighted by Crippen LogP contribution is 2.25. The predicted octanol–water partition coefficient (Wildman–Crippen LogP) is 4.27. The smallest absolute Gasteiger partial charge is 0.323 e. The first-order valence-corrected chi connectivity index (χ1v) is 7.05. The van der Waals surface area contributed by atoms with Gasteiger partial charge < -0.3 is 16.4 Å². The van der Waals surface area contributed by atoms with Crippen LogP contribution in [0.3, 0.4) is 0 Å². The number of nitrogens with two attached hydrogens (primary N) is 1. The third kappa shape index (κ3) is 4.32.